The molecule has 0 aliphatic carbocycles. The van der Waals surface area contributed by atoms with Crippen LogP contribution in [0.4, 0.5) is 0 Å². The van der Waals surface area contributed by atoms with Crippen LogP contribution in [-0.2, 0) is 21.6 Å². The molecule has 0 amide bonds. The van der Waals surface area contributed by atoms with Gasteiger partial charge in [-0.05, 0) is 31.4 Å². The third kappa shape index (κ3) is 3.85. The molecule has 1 atom stereocenters. The van der Waals surface area contributed by atoms with Crippen molar-refractivity contribution < 1.29 is 9.53 Å². The van der Waals surface area contributed by atoms with Crippen molar-refractivity contribution in [2.45, 2.75) is 32.3 Å². The average Bonchev–Trinajstić information content (AvgIpc) is 2.59. The van der Waals surface area contributed by atoms with E-state index in [1.54, 1.807) is 0 Å². The summed E-state index contributed by atoms with van der Waals surface area (Å²) in [6.45, 7) is 4.20. The Kier molecular flexibility index (Phi) is 5.54. The van der Waals surface area contributed by atoms with E-state index < -0.39 is 5.41 Å². The fourth-order valence-electron chi connectivity index (χ4n) is 2.36. The number of hydrogen-bond acceptors (Lipinski definition) is 2. The molecule has 2 aromatic rings. The van der Waals surface area contributed by atoms with Gasteiger partial charge in [0.05, 0.1) is 5.41 Å². The van der Waals surface area contributed by atoms with E-state index >= 15 is 0 Å². The van der Waals surface area contributed by atoms with Crippen LogP contribution in [0.15, 0.2) is 72.8 Å². The summed E-state index contributed by atoms with van der Waals surface area (Å²) in [5.74, 6) is -0.194. The topological polar surface area (TPSA) is 26.3 Å². The van der Waals surface area contributed by atoms with Crippen LogP contribution in [-0.4, -0.2) is 5.97 Å². The lowest BCUT2D eigenvalue weighted by molar-refractivity contribution is -0.151. The lowest BCUT2D eigenvalue weighted by Gasteiger charge is -2.26. The standard InChI is InChI=1S/C20H22O2/c1-3-4-15-20(2,18-13-9-6-10-14-18)19(21)22-16-17-11-7-5-8-12-17/h3-14H,15-16H2,1-2H3/b4-3+. The van der Waals surface area contributed by atoms with Crippen LogP contribution in [0.1, 0.15) is 31.4 Å². The molecule has 0 fully saturated rings. The lowest BCUT2D eigenvalue weighted by atomic mass is 9.79. The highest BCUT2D eigenvalue weighted by atomic mass is 16.5. The summed E-state index contributed by atoms with van der Waals surface area (Å²) in [5.41, 5.74) is 1.31. The molecule has 22 heavy (non-hydrogen) atoms. The van der Waals surface area contributed by atoms with Gasteiger partial charge < -0.3 is 4.74 Å². The van der Waals surface area contributed by atoms with Crippen LogP contribution in [0.5, 0.6) is 0 Å². The van der Waals surface area contributed by atoms with Crippen molar-refractivity contribution >= 4 is 5.97 Å². The first-order chi connectivity index (χ1) is 10.7. The zero-order valence-electron chi connectivity index (χ0n) is 13.2. The Morgan fingerprint density at radius 3 is 2.23 bits per heavy atom. The Labute approximate surface area is 132 Å². The first-order valence-electron chi connectivity index (χ1n) is 7.54. The van der Waals surface area contributed by atoms with Crippen LogP contribution in [0.3, 0.4) is 0 Å². The predicted molar refractivity (Wildman–Crippen MR) is 89.5 cm³/mol. The molecule has 0 aliphatic heterocycles. The summed E-state index contributed by atoms with van der Waals surface area (Å²) in [6.07, 6.45) is 4.60. The number of carbonyl (C=O) groups excluding carboxylic acids is 1. The molecule has 2 heteroatoms. The van der Waals surface area contributed by atoms with Gasteiger partial charge in [-0.2, -0.15) is 0 Å². The maximum absolute atomic E-state index is 12.7. The summed E-state index contributed by atoms with van der Waals surface area (Å²) in [7, 11) is 0. The number of rotatable bonds is 6. The largest absolute Gasteiger partial charge is 0.460 e. The molecular weight excluding hydrogens is 272 g/mol. The molecule has 0 N–H and O–H groups in total. The molecule has 0 aliphatic rings. The highest BCUT2D eigenvalue weighted by Gasteiger charge is 2.35. The second-order valence-corrected chi connectivity index (χ2v) is 5.53. The van der Waals surface area contributed by atoms with Crippen LogP contribution >= 0.6 is 0 Å². The maximum Gasteiger partial charge on any atom is 0.316 e. The molecule has 0 radical (unpaired) electrons. The maximum atomic E-state index is 12.7. The number of benzene rings is 2. The molecule has 114 valence electrons. The first kappa shape index (κ1) is 16.0. The van der Waals surface area contributed by atoms with Gasteiger partial charge >= 0.3 is 5.97 Å². The second-order valence-electron chi connectivity index (χ2n) is 5.53. The van der Waals surface area contributed by atoms with Gasteiger partial charge in [0.25, 0.3) is 0 Å². The molecule has 0 saturated carbocycles. The van der Waals surface area contributed by atoms with Crippen molar-refractivity contribution in [2.75, 3.05) is 0 Å². The van der Waals surface area contributed by atoms with E-state index in [0.29, 0.717) is 13.0 Å². The van der Waals surface area contributed by atoms with Crippen molar-refractivity contribution in [3.05, 3.63) is 83.9 Å². The van der Waals surface area contributed by atoms with E-state index in [1.807, 2.05) is 86.7 Å². The third-order valence-electron chi connectivity index (χ3n) is 3.84. The zero-order chi connectivity index (χ0) is 15.8. The molecule has 2 rings (SSSR count). The zero-order valence-corrected chi connectivity index (χ0v) is 13.2. The number of esters is 1. The van der Waals surface area contributed by atoms with Gasteiger partial charge in [-0.25, -0.2) is 0 Å². The van der Waals surface area contributed by atoms with Crippen LogP contribution < -0.4 is 0 Å². The summed E-state index contributed by atoms with van der Waals surface area (Å²) >= 11 is 0. The van der Waals surface area contributed by atoms with Gasteiger partial charge in [0, 0.05) is 0 Å². The number of hydrogen-bond donors (Lipinski definition) is 0. The predicted octanol–water partition coefficient (Wildman–Crippen LogP) is 4.65. The van der Waals surface area contributed by atoms with E-state index in [-0.39, 0.29) is 5.97 Å². The van der Waals surface area contributed by atoms with Gasteiger partial charge in [0.1, 0.15) is 6.61 Å². The van der Waals surface area contributed by atoms with Crippen molar-refractivity contribution in [3.8, 4) is 0 Å². The summed E-state index contributed by atoms with van der Waals surface area (Å²) in [5, 5.41) is 0. The smallest absolute Gasteiger partial charge is 0.316 e. The summed E-state index contributed by atoms with van der Waals surface area (Å²) in [6, 6.07) is 19.6. The average molecular weight is 294 g/mol. The molecular formula is C20H22O2. The van der Waals surface area contributed by atoms with Gasteiger partial charge in [-0.15, -0.1) is 0 Å². The van der Waals surface area contributed by atoms with Gasteiger partial charge in [-0.3, -0.25) is 4.79 Å². The first-order valence-corrected chi connectivity index (χ1v) is 7.54. The van der Waals surface area contributed by atoms with Gasteiger partial charge in [0.15, 0.2) is 0 Å². The minimum atomic E-state index is -0.664. The number of carbonyl (C=O) groups is 1. The molecule has 0 spiro atoms. The van der Waals surface area contributed by atoms with Crippen LogP contribution in [0.2, 0.25) is 0 Å². The summed E-state index contributed by atoms with van der Waals surface area (Å²) < 4.78 is 5.57. The molecule has 1 unspecified atom stereocenters. The Morgan fingerprint density at radius 2 is 1.64 bits per heavy atom. The summed E-state index contributed by atoms with van der Waals surface area (Å²) in [4.78, 5) is 12.7. The molecule has 0 bridgehead atoms. The van der Waals surface area contributed by atoms with Crippen LogP contribution in [0, 0.1) is 0 Å². The van der Waals surface area contributed by atoms with Crippen molar-refractivity contribution in [1.29, 1.82) is 0 Å². The number of ether oxygens (including phenoxy) is 1. The SMILES string of the molecule is C/C=C/CC(C)(C(=O)OCc1ccccc1)c1ccccc1. The molecule has 0 saturated heterocycles. The fraction of sp³-hybridized carbons (Fsp3) is 0.250. The van der Waals surface area contributed by atoms with Gasteiger partial charge in [-0.1, -0.05) is 72.8 Å². The van der Waals surface area contributed by atoms with E-state index in [2.05, 4.69) is 0 Å². The van der Waals surface area contributed by atoms with E-state index in [0.717, 1.165) is 11.1 Å². The minimum Gasteiger partial charge on any atom is -0.460 e. The van der Waals surface area contributed by atoms with E-state index in [1.165, 1.54) is 0 Å². The number of allylic oxidation sites excluding steroid dienone is 2. The highest BCUT2D eigenvalue weighted by Crippen LogP contribution is 2.30. The second kappa shape index (κ2) is 7.60. The van der Waals surface area contributed by atoms with Crippen LogP contribution in [0.25, 0.3) is 0 Å². The molecule has 2 nitrogen and oxygen atoms in total. The normalized spacial score (nSPS) is 13.7. The van der Waals surface area contributed by atoms with Crippen molar-refractivity contribution in [1.82, 2.24) is 0 Å². The quantitative estimate of drug-likeness (QED) is 0.572. The van der Waals surface area contributed by atoms with Gasteiger partial charge in [0.2, 0.25) is 0 Å². The molecule has 2 aromatic carbocycles. The van der Waals surface area contributed by atoms with E-state index in [4.69, 9.17) is 4.74 Å². The lowest BCUT2D eigenvalue weighted by Crippen LogP contribution is -2.34. The Bertz CT molecular complexity index is 617. The monoisotopic (exact) mass is 294 g/mol. The Hall–Kier alpha value is -2.35. The molecule has 0 heterocycles. The Balaban J connectivity index is 2.16. The molecule has 0 aromatic heterocycles. The van der Waals surface area contributed by atoms with Crippen molar-refractivity contribution in [3.63, 3.8) is 0 Å². The highest BCUT2D eigenvalue weighted by molar-refractivity contribution is 5.83. The minimum absolute atomic E-state index is 0.194. The van der Waals surface area contributed by atoms with Crippen molar-refractivity contribution in [2.24, 2.45) is 0 Å². The fourth-order valence-corrected chi connectivity index (χ4v) is 2.36. The Morgan fingerprint density at radius 1 is 1.05 bits per heavy atom. The third-order valence-corrected chi connectivity index (χ3v) is 3.84. The van der Waals surface area contributed by atoms with E-state index in [9.17, 15) is 4.79 Å².